The van der Waals surface area contributed by atoms with E-state index in [0.29, 0.717) is 13.1 Å². The Labute approximate surface area is 155 Å². The zero-order chi connectivity index (χ0) is 16.8. The summed E-state index contributed by atoms with van der Waals surface area (Å²) in [4.78, 5) is 14.8. The highest BCUT2D eigenvalue weighted by Gasteiger charge is 2.33. The molecule has 2 N–H and O–H groups in total. The Balaban J connectivity index is 0.00000225. The van der Waals surface area contributed by atoms with Crippen LogP contribution in [0.5, 0.6) is 0 Å². The van der Waals surface area contributed by atoms with Crippen LogP contribution in [0.4, 0.5) is 5.69 Å². The zero-order valence-electron chi connectivity index (χ0n) is 14.2. The molecule has 4 nitrogen and oxygen atoms in total. The minimum atomic E-state index is -0.380. The summed E-state index contributed by atoms with van der Waals surface area (Å²) in [6.07, 6.45) is 2.04. The van der Waals surface area contributed by atoms with E-state index < -0.39 is 0 Å². The van der Waals surface area contributed by atoms with Gasteiger partial charge < -0.3 is 15.4 Å². The molecule has 1 amide bonds. The molecule has 0 radical (unpaired) electrons. The van der Waals surface area contributed by atoms with Crippen molar-refractivity contribution in [3.05, 3.63) is 66.2 Å². The molecular formula is C20H25ClN2O2. The Hall–Kier alpha value is -1.88. The van der Waals surface area contributed by atoms with Crippen molar-refractivity contribution in [2.75, 3.05) is 18.0 Å². The van der Waals surface area contributed by atoms with Crippen LogP contribution in [-0.2, 0) is 16.0 Å². The van der Waals surface area contributed by atoms with Crippen LogP contribution in [0.25, 0.3) is 0 Å². The van der Waals surface area contributed by atoms with Crippen LogP contribution in [0.1, 0.15) is 18.4 Å². The van der Waals surface area contributed by atoms with Crippen LogP contribution in [0.3, 0.4) is 0 Å². The van der Waals surface area contributed by atoms with E-state index in [1.54, 1.807) is 0 Å². The molecule has 1 fully saturated rings. The van der Waals surface area contributed by atoms with E-state index >= 15 is 0 Å². The second kappa shape index (κ2) is 9.56. The lowest BCUT2D eigenvalue weighted by molar-refractivity contribution is -0.129. The highest BCUT2D eigenvalue weighted by molar-refractivity contribution is 5.96. The summed E-state index contributed by atoms with van der Waals surface area (Å²) >= 11 is 0. The molecule has 0 unspecified atom stereocenters. The average molecular weight is 361 g/mol. The zero-order valence-corrected chi connectivity index (χ0v) is 15.0. The fraction of sp³-hybridized carbons (Fsp3) is 0.350. The van der Waals surface area contributed by atoms with Crippen LogP contribution in [0.15, 0.2) is 60.7 Å². The SMILES string of the molecule is Cl.NC[C@H]1CC[C@@H](C(=O)N(CCc2ccccc2)c2ccccc2)O1. The van der Waals surface area contributed by atoms with E-state index in [1.165, 1.54) is 5.56 Å². The van der Waals surface area contributed by atoms with Gasteiger partial charge in [-0.25, -0.2) is 0 Å². The smallest absolute Gasteiger partial charge is 0.256 e. The number of anilines is 1. The van der Waals surface area contributed by atoms with Gasteiger partial charge in [0.15, 0.2) is 0 Å². The Morgan fingerprint density at radius 2 is 1.68 bits per heavy atom. The van der Waals surface area contributed by atoms with E-state index in [9.17, 15) is 4.79 Å². The lowest BCUT2D eigenvalue weighted by Gasteiger charge is -2.26. The van der Waals surface area contributed by atoms with Crippen molar-refractivity contribution >= 4 is 24.0 Å². The van der Waals surface area contributed by atoms with Crippen LogP contribution >= 0.6 is 12.4 Å². The number of carbonyl (C=O) groups excluding carboxylic acids is 1. The molecule has 1 aliphatic rings. The summed E-state index contributed by atoms with van der Waals surface area (Å²) in [5.74, 6) is 0.0353. The molecule has 2 aromatic rings. The van der Waals surface area contributed by atoms with Crippen LogP contribution < -0.4 is 10.6 Å². The largest absolute Gasteiger partial charge is 0.364 e. The molecule has 3 rings (SSSR count). The fourth-order valence-corrected chi connectivity index (χ4v) is 3.09. The number of carbonyl (C=O) groups is 1. The third-order valence-electron chi connectivity index (χ3n) is 4.45. The number of para-hydroxylation sites is 1. The van der Waals surface area contributed by atoms with Crippen molar-refractivity contribution in [1.29, 1.82) is 0 Å². The van der Waals surface area contributed by atoms with E-state index in [4.69, 9.17) is 10.5 Å². The van der Waals surface area contributed by atoms with Gasteiger partial charge >= 0.3 is 0 Å². The number of amides is 1. The number of ether oxygens (including phenoxy) is 1. The van der Waals surface area contributed by atoms with Gasteiger partial charge in [-0.05, 0) is 37.0 Å². The highest BCUT2D eigenvalue weighted by atomic mass is 35.5. The predicted molar refractivity (Wildman–Crippen MR) is 103 cm³/mol. The molecule has 0 bridgehead atoms. The Bertz CT molecular complexity index is 651. The van der Waals surface area contributed by atoms with Gasteiger partial charge in [0.25, 0.3) is 5.91 Å². The first-order valence-corrected chi connectivity index (χ1v) is 8.54. The molecule has 2 aromatic carbocycles. The highest BCUT2D eigenvalue weighted by Crippen LogP contribution is 2.24. The van der Waals surface area contributed by atoms with Gasteiger partial charge in [0.1, 0.15) is 6.10 Å². The number of nitrogens with zero attached hydrogens (tertiary/aromatic N) is 1. The first kappa shape index (κ1) is 19.4. The minimum Gasteiger partial charge on any atom is -0.364 e. The normalized spacial score (nSPS) is 19.2. The number of rotatable bonds is 6. The molecular weight excluding hydrogens is 336 g/mol. The standard InChI is InChI=1S/C20H24N2O2.ClH/c21-15-18-11-12-19(24-18)20(23)22(17-9-5-2-6-10-17)14-13-16-7-3-1-4-8-16;/h1-10,18-19H,11-15,21H2;1H/t18-,19+;/m1./s1. The fourth-order valence-electron chi connectivity index (χ4n) is 3.09. The molecule has 0 aromatic heterocycles. The second-order valence-corrected chi connectivity index (χ2v) is 6.12. The van der Waals surface area contributed by atoms with Gasteiger partial charge in [-0.2, -0.15) is 0 Å². The summed E-state index contributed by atoms with van der Waals surface area (Å²) in [5, 5.41) is 0. The number of hydrogen-bond donors (Lipinski definition) is 1. The summed E-state index contributed by atoms with van der Waals surface area (Å²) < 4.78 is 5.81. The molecule has 2 atom stereocenters. The van der Waals surface area contributed by atoms with Gasteiger partial charge in [-0.15, -0.1) is 12.4 Å². The van der Waals surface area contributed by atoms with E-state index in [2.05, 4.69) is 12.1 Å². The van der Waals surface area contributed by atoms with E-state index in [0.717, 1.165) is 24.9 Å². The van der Waals surface area contributed by atoms with Gasteiger partial charge in [0, 0.05) is 18.8 Å². The van der Waals surface area contributed by atoms with Crippen molar-refractivity contribution < 1.29 is 9.53 Å². The number of halogens is 1. The second-order valence-electron chi connectivity index (χ2n) is 6.12. The number of benzene rings is 2. The van der Waals surface area contributed by atoms with Gasteiger partial charge in [-0.1, -0.05) is 48.5 Å². The third-order valence-corrected chi connectivity index (χ3v) is 4.45. The summed E-state index contributed by atoms with van der Waals surface area (Å²) in [5.41, 5.74) is 7.80. The summed E-state index contributed by atoms with van der Waals surface area (Å²) in [6.45, 7) is 1.11. The van der Waals surface area contributed by atoms with E-state index in [-0.39, 0.29) is 30.5 Å². The van der Waals surface area contributed by atoms with Crippen molar-refractivity contribution in [3.63, 3.8) is 0 Å². The maximum absolute atomic E-state index is 13.0. The molecule has 25 heavy (non-hydrogen) atoms. The molecule has 1 aliphatic heterocycles. The number of nitrogens with two attached hydrogens (primary N) is 1. The monoisotopic (exact) mass is 360 g/mol. The molecule has 0 spiro atoms. The number of hydrogen-bond acceptors (Lipinski definition) is 3. The maximum Gasteiger partial charge on any atom is 0.256 e. The third kappa shape index (κ3) is 5.05. The quantitative estimate of drug-likeness (QED) is 0.860. The Morgan fingerprint density at radius 3 is 2.28 bits per heavy atom. The first-order valence-electron chi connectivity index (χ1n) is 8.54. The lowest BCUT2D eigenvalue weighted by atomic mass is 10.1. The van der Waals surface area contributed by atoms with E-state index in [1.807, 2.05) is 53.4 Å². The minimum absolute atomic E-state index is 0. The van der Waals surface area contributed by atoms with Gasteiger partial charge in [0.2, 0.25) is 0 Å². The summed E-state index contributed by atoms with van der Waals surface area (Å²) in [6, 6.07) is 20.0. The molecule has 134 valence electrons. The van der Waals surface area contributed by atoms with Gasteiger partial charge in [0.05, 0.1) is 6.10 Å². The molecule has 5 heteroatoms. The molecule has 0 saturated carbocycles. The Kier molecular flexibility index (Phi) is 7.44. The average Bonchev–Trinajstić information content (AvgIpc) is 3.13. The Morgan fingerprint density at radius 1 is 1.04 bits per heavy atom. The van der Waals surface area contributed by atoms with Crippen LogP contribution in [0.2, 0.25) is 0 Å². The van der Waals surface area contributed by atoms with Crippen molar-refractivity contribution in [3.8, 4) is 0 Å². The van der Waals surface area contributed by atoms with Crippen molar-refractivity contribution in [1.82, 2.24) is 0 Å². The first-order chi connectivity index (χ1) is 11.8. The van der Waals surface area contributed by atoms with Gasteiger partial charge in [-0.3, -0.25) is 4.79 Å². The van der Waals surface area contributed by atoms with Crippen LogP contribution in [0, 0.1) is 0 Å². The topological polar surface area (TPSA) is 55.6 Å². The van der Waals surface area contributed by atoms with Crippen molar-refractivity contribution in [2.24, 2.45) is 5.73 Å². The maximum atomic E-state index is 13.0. The summed E-state index contributed by atoms with van der Waals surface area (Å²) in [7, 11) is 0. The molecule has 0 aliphatic carbocycles. The van der Waals surface area contributed by atoms with Crippen molar-refractivity contribution in [2.45, 2.75) is 31.5 Å². The molecule has 1 saturated heterocycles. The van der Waals surface area contributed by atoms with Crippen LogP contribution in [-0.4, -0.2) is 31.2 Å². The predicted octanol–water partition coefficient (Wildman–Crippen LogP) is 3.19. The molecule has 1 heterocycles. The lowest BCUT2D eigenvalue weighted by Crippen LogP contribution is -2.41.